The van der Waals surface area contributed by atoms with E-state index in [1.807, 2.05) is 76.2 Å². The minimum Gasteiger partial charge on any atom is -0.449 e. The van der Waals surface area contributed by atoms with Crippen molar-refractivity contribution in [2.24, 2.45) is 0 Å². The fraction of sp³-hybridized carbons (Fsp3) is 0.300. The highest BCUT2D eigenvalue weighted by Gasteiger charge is 2.52. The van der Waals surface area contributed by atoms with E-state index in [4.69, 9.17) is 14.0 Å². The third kappa shape index (κ3) is 5.08. The highest BCUT2D eigenvalue weighted by molar-refractivity contribution is 6.56. The fourth-order valence-electron chi connectivity index (χ4n) is 4.88. The summed E-state index contributed by atoms with van der Waals surface area (Å²) >= 11 is 0. The Kier molecular flexibility index (Phi) is 7.07. The van der Waals surface area contributed by atoms with Crippen molar-refractivity contribution in [1.82, 2.24) is 5.32 Å². The predicted molar refractivity (Wildman–Crippen MR) is 143 cm³/mol. The number of nitrogens with one attached hydrogen (secondary N) is 1. The Morgan fingerprint density at radius 1 is 0.897 bits per heavy atom. The number of rotatable bonds is 6. The molecule has 1 saturated heterocycles. The number of ether oxygens (including phenoxy) is 1. The van der Waals surface area contributed by atoms with Crippen LogP contribution in [0.5, 0.6) is 0 Å². The monoisotopic (exact) mass is 535 g/mol. The molecule has 0 radical (unpaired) electrons. The van der Waals surface area contributed by atoms with Gasteiger partial charge in [-0.1, -0.05) is 54.6 Å². The van der Waals surface area contributed by atoms with Gasteiger partial charge in [0.15, 0.2) is 11.6 Å². The number of alkyl carbamates (subject to hydrolysis) is 1. The molecule has 3 aromatic carbocycles. The van der Waals surface area contributed by atoms with Gasteiger partial charge in [-0.15, -0.1) is 0 Å². The quantitative estimate of drug-likeness (QED) is 0.284. The number of hydrogen-bond acceptors (Lipinski definition) is 4. The van der Waals surface area contributed by atoms with E-state index in [2.05, 4.69) is 5.32 Å². The lowest BCUT2D eigenvalue weighted by Crippen LogP contribution is -2.41. The minimum atomic E-state index is -1.34. The zero-order valence-corrected chi connectivity index (χ0v) is 22.2. The zero-order chi connectivity index (χ0) is 27.9. The molecular formula is C30H29BF3NO4. The van der Waals surface area contributed by atoms with Crippen LogP contribution in [-0.4, -0.2) is 37.6 Å². The molecule has 1 heterocycles. The molecule has 5 rings (SSSR count). The highest BCUT2D eigenvalue weighted by atomic mass is 19.2. The van der Waals surface area contributed by atoms with E-state index >= 15 is 0 Å². The number of hydrogen-bond donors (Lipinski definition) is 1. The maximum absolute atomic E-state index is 14.5. The molecule has 1 fully saturated rings. The number of fused-ring (bicyclic) bond motifs is 3. The largest absolute Gasteiger partial charge is 0.492 e. The molecular weight excluding hydrogens is 506 g/mol. The first kappa shape index (κ1) is 27.0. The SMILES string of the molecule is CC1(C)OB(C(=Cc2c(F)ccc(F)c2F)CNC(=O)OCC2c3ccccc3-c3ccccc32)OC1(C)C. The Morgan fingerprint density at radius 3 is 2.03 bits per heavy atom. The van der Waals surface area contributed by atoms with Crippen LogP contribution >= 0.6 is 0 Å². The van der Waals surface area contributed by atoms with Gasteiger partial charge in [-0.3, -0.25) is 0 Å². The van der Waals surface area contributed by atoms with Crippen LogP contribution in [0.4, 0.5) is 18.0 Å². The van der Waals surface area contributed by atoms with Gasteiger partial charge < -0.3 is 19.4 Å². The number of halogens is 3. The molecule has 0 saturated carbocycles. The predicted octanol–water partition coefficient (Wildman–Crippen LogP) is 6.66. The molecule has 0 aromatic heterocycles. The zero-order valence-electron chi connectivity index (χ0n) is 22.2. The molecule has 0 atom stereocenters. The van der Waals surface area contributed by atoms with Gasteiger partial charge in [-0.25, -0.2) is 18.0 Å². The summed E-state index contributed by atoms with van der Waals surface area (Å²) in [5.74, 6) is -3.62. The second-order valence-corrected chi connectivity index (χ2v) is 10.7. The molecule has 202 valence electrons. The van der Waals surface area contributed by atoms with Crippen LogP contribution in [0.3, 0.4) is 0 Å². The molecule has 9 heteroatoms. The summed E-state index contributed by atoms with van der Waals surface area (Å²) in [7, 11) is -1.04. The fourth-order valence-corrected chi connectivity index (χ4v) is 4.88. The Bertz CT molecular complexity index is 1390. The van der Waals surface area contributed by atoms with Crippen molar-refractivity contribution >= 4 is 19.3 Å². The number of benzene rings is 3. The van der Waals surface area contributed by atoms with E-state index in [1.165, 1.54) is 0 Å². The molecule has 0 bridgehead atoms. The molecule has 0 unspecified atom stereocenters. The lowest BCUT2D eigenvalue weighted by Gasteiger charge is -2.32. The Labute approximate surface area is 226 Å². The topological polar surface area (TPSA) is 56.8 Å². The van der Waals surface area contributed by atoms with Crippen molar-refractivity contribution in [3.8, 4) is 11.1 Å². The van der Waals surface area contributed by atoms with Gasteiger partial charge >= 0.3 is 13.2 Å². The van der Waals surface area contributed by atoms with Crippen LogP contribution in [0, 0.1) is 17.5 Å². The van der Waals surface area contributed by atoms with Crippen molar-refractivity contribution in [3.05, 3.63) is 100 Å². The molecule has 1 N–H and O–H groups in total. The summed E-state index contributed by atoms with van der Waals surface area (Å²) in [5.41, 5.74) is 2.46. The van der Waals surface area contributed by atoms with Crippen molar-refractivity contribution in [2.45, 2.75) is 44.8 Å². The third-order valence-corrected chi connectivity index (χ3v) is 7.75. The summed E-state index contributed by atoms with van der Waals surface area (Å²) < 4.78 is 60.5. The maximum Gasteiger partial charge on any atom is 0.492 e. The van der Waals surface area contributed by atoms with Crippen molar-refractivity contribution < 1.29 is 32.0 Å². The second-order valence-electron chi connectivity index (χ2n) is 10.7. The van der Waals surface area contributed by atoms with Gasteiger partial charge in [0.1, 0.15) is 12.4 Å². The summed E-state index contributed by atoms with van der Waals surface area (Å²) in [5, 5.41) is 2.63. The van der Waals surface area contributed by atoms with Crippen molar-refractivity contribution in [1.29, 1.82) is 0 Å². The average molecular weight is 535 g/mol. The Balaban J connectivity index is 1.34. The van der Waals surface area contributed by atoms with Crippen molar-refractivity contribution in [2.75, 3.05) is 13.2 Å². The van der Waals surface area contributed by atoms with E-state index in [9.17, 15) is 18.0 Å². The van der Waals surface area contributed by atoms with Crippen LogP contribution in [0.2, 0.25) is 0 Å². The van der Waals surface area contributed by atoms with Crippen LogP contribution in [0.25, 0.3) is 17.2 Å². The normalized spacial score (nSPS) is 17.6. The van der Waals surface area contributed by atoms with Gasteiger partial charge in [0.25, 0.3) is 0 Å². The van der Waals surface area contributed by atoms with Crippen LogP contribution in [0.15, 0.2) is 66.1 Å². The van der Waals surface area contributed by atoms with E-state index in [0.29, 0.717) is 6.07 Å². The first-order chi connectivity index (χ1) is 18.5. The van der Waals surface area contributed by atoms with Crippen molar-refractivity contribution in [3.63, 3.8) is 0 Å². The van der Waals surface area contributed by atoms with E-state index in [1.54, 1.807) is 0 Å². The van der Waals surface area contributed by atoms with Gasteiger partial charge in [0.2, 0.25) is 0 Å². The average Bonchev–Trinajstić information content (AvgIpc) is 3.33. The van der Waals surface area contributed by atoms with Gasteiger partial charge in [0.05, 0.1) is 11.2 Å². The lowest BCUT2D eigenvalue weighted by atomic mass is 9.77. The number of amides is 1. The molecule has 5 nitrogen and oxygen atoms in total. The lowest BCUT2D eigenvalue weighted by molar-refractivity contribution is 0.00578. The molecule has 3 aromatic rings. The minimum absolute atomic E-state index is 0.0998. The summed E-state index contributed by atoms with van der Waals surface area (Å²) in [6.45, 7) is 7.20. The van der Waals surface area contributed by atoms with Crippen LogP contribution in [-0.2, 0) is 14.0 Å². The number of carbonyl (C=O) groups excluding carboxylic acids is 1. The molecule has 2 aliphatic rings. The first-order valence-electron chi connectivity index (χ1n) is 12.8. The van der Waals surface area contributed by atoms with E-state index in [0.717, 1.165) is 34.4 Å². The molecule has 1 aliphatic heterocycles. The van der Waals surface area contributed by atoms with Gasteiger partial charge in [0, 0.05) is 18.0 Å². The number of carbonyl (C=O) groups is 1. The highest BCUT2D eigenvalue weighted by Crippen LogP contribution is 2.44. The Hall–Kier alpha value is -3.56. The Morgan fingerprint density at radius 2 is 1.44 bits per heavy atom. The molecule has 1 aliphatic carbocycles. The molecule has 1 amide bonds. The summed E-state index contributed by atoms with van der Waals surface area (Å²) in [4.78, 5) is 12.8. The second kappa shape index (κ2) is 10.2. The van der Waals surface area contributed by atoms with Crippen LogP contribution < -0.4 is 5.32 Å². The van der Waals surface area contributed by atoms with Gasteiger partial charge in [-0.2, -0.15) is 0 Å². The molecule has 0 spiro atoms. The molecule has 39 heavy (non-hydrogen) atoms. The standard InChI is InChI=1S/C30H29BF3NO4/c1-29(2)30(3,4)39-31(38-29)18(15-23-25(32)13-14-26(33)27(23)34)16-35-28(36)37-17-24-21-11-7-5-9-19(21)20-10-6-8-12-22(20)24/h5-15,24H,16-17H2,1-4H3,(H,35,36). The first-order valence-corrected chi connectivity index (χ1v) is 12.8. The summed E-state index contributed by atoms with van der Waals surface area (Å²) in [6, 6.07) is 17.5. The maximum atomic E-state index is 14.5. The third-order valence-electron chi connectivity index (χ3n) is 7.75. The van der Waals surface area contributed by atoms with Gasteiger partial charge in [-0.05, 0) is 67.6 Å². The summed E-state index contributed by atoms with van der Waals surface area (Å²) in [6.07, 6.45) is 0.388. The van der Waals surface area contributed by atoms with Crippen LogP contribution in [0.1, 0.15) is 50.3 Å². The van der Waals surface area contributed by atoms with E-state index < -0.39 is 47.4 Å². The van der Waals surface area contributed by atoms with E-state index in [-0.39, 0.29) is 24.5 Å². The smallest absolute Gasteiger partial charge is 0.449 e.